The summed E-state index contributed by atoms with van der Waals surface area (Å²) in [4.78, 5) is -0.0414. The molecule has 0 unspecified atom stereocenters. The molecule has 110 valence electrons. The molecule has 2 aromatic rings. The normalized spacial score (nSPS) is 16.6. The van der Waals surface area contributed by atoms with E-state index in [1.807, 2.05) is 0 Å². The lowest BCUT2D eigenvalue weighted by molar-refractivity contribution is 0.321. The molecule has 0 aromatic heterocycles. The molecule has 1 aliphatic heterocycles. The van der Waals surface area contributed by atoms with Gasteiger partial charge in [0.25, 0.3) is 0 Å². The molecular weight excluding hydrogens is 297 g/mol. The molecule has 0 amide bonds. The van der Waals surface area contributed by atoms with Crippen molar-refractivity contribution in [3.63, 3.8) is 0 Å². The zero-order chi connectivity index (χ0) is 15.0. The van der Waals surface area contributed by atoms with Crippen LogP contribution in [0.5, 0.6) is 11.5 Å². The monoisotopic (exact) mass is 309 g/mol. The molecule has 1 aliphatic rings. The third-order valence-corrected chi connectivity index (χ3v) is 4.66. The summed E-state index contributed by atoms with van der Waals surface area (Å²) in [5, 5.41) is 9.42. The molecule has 2 aromatic carbocycles. The maximum atomic E-state index is 13.9. The second-order valence-electron chi connectivity index (χ2n) is 4.55. The molecule has 7 heteroatoms. The minimum atomic E-state index is -3.69. The summed E-state index contributed by atoms with van der Waals surface area (Å²) in [7, 11) is -3.69. The van der Waals surface area contributed by atoms with E-state index in [2.05, 4.69) is 4.72 Å². The van der Waals surface area contributed by atoms with Crippen molar-refractivity contribution in [2.45, 2.75) is 4.90 Å². The third-order valence-electron chi connectivity index (χ3n) is 3.17. The van der Waals surface area contributed by atoms with Gasteiger partial charge in [-0.3, -0.25) is 0 Å². The Morgan fingerprint density at radius 3 is 2.86 bits per heavy atom. The van der Waals surface area contributed by atoms with Crippen molar-refractivity contribution >= 4 is 10.0 Å². The van der Waals surface area contributed by atoms with Crippen molar-refractivity contribution in [3.8, 4) is 22.6 Å². The number of phenolic OH excluding ortho intramolecular Hbond substituents is 1. The number of sulfonamides is 1. The van der Waals surface area contributed by atoms with Gasteiger partial charge >= 0.3 is 0 Å². The Morgan fingerprint density at radius 1 is 1.24 bits per heavy atom. The number of aromatic hydroxyl groups is 1. The maximum Gasteiger partial charge on any atom is 0.244 e. The Labute approximate surface area is 121 Å². The highest BCUT2D eigenvalue weighted by molar-refractivity contribution is 7.89. The smallest absolute Gasteiger partial charge is 0.244 e. The summed E-state index contributed by atoms with van der Waals surface area (Å²) >= 11 is 0. The molecule has 0 radical (unpaired) electrons. The Hall–Kier alpha value is -2.12. The number of rotatable bonds is 1. The Bertz CT molecular complexity index is 805. The maximum absolute atomic E-state index is 13.9. The zero-order valence-electron chi connectivity index (χ0n) is 10.8. The molecule has 3 rings (SSSR count). The van der Waals surface area contributed by atoms with Gasteiger partial charge in [0.2, 0.25) is 10.0 Å². The van der Waals surface area contributed by atoms with Crippen LogP contribution in [0, 0.1) is 5.82 Å². The van der Waals surface area contributed by atoms with Crippen LogP contribution >= 0.6 is 0 Å². The molecule has 2 N–H and O–H groups in total. The minimum Gasteiger partial charge on any atom is -0.505 e. The van der Waals surface area contributed by atoms with Gasteiger partial charge < -0.3 is 9.84 Å². The van der Waals surface area contributed by atoms with Crippen molar-refractivity contribution in [2.75, 3.05) is 13.2 Å². The molecule has 0 saturated heterocycles. The quantitative estimate of drug-likeness (QED) is 0.843. The van der Waals surface area contributed by atoms with E-state index in [0.717, 1.165) is 0 Å². The van der Waals surface area contributed by atoms with E-state index >= 15 is 0 Å². The summed E-state index contributed by atoms with van der Waals surface area (Å²) in [6, 6.07) is 8.55. The molecular formula is C14H12FNO4S. The lowest BCUT2D eigenvalue weighted by atomic mass is 10.0. The van der Waals surface area contributed by atoms with Crippen LogP contribution in [0.15, 0.2) is 41.3 Å². The first-order valence-electron chi connectivity index (χ1n) is 6.23. The number of hydrogen-bond acceptors (Lipinski definition) is 4. The average molecular weight is 309 g/mol. The van der Waals surface area contributed by atoms with E-state index < -0.39 is 21.6 Å². The van der Waals surface area contributed by atoms with Crippen LogP contribution in [0.25, 0.3) is 11.1 Å². The Morgan fingerprint density at radius 2 is 2.05 bits per heavy atom. The first-order chi connectivity index (χ1) is 9.99. The Kier molecular flexibility index (Phi) is 3.30. The van der Waals surface area contributed by atoms with Crippen LogP contribution in [-0.2, 0) is 10.0 Å². The number of halogens is 1. The van der Waals surface area contributed by atoms with Crippen molar-refractivity contribution in [1.29, 1.82) is 0 Å². The predicted octanol–water partition coefficient (Wildman–Crippen LogP) is 1.87. The fourth-order valence-electron chi connectivity index (χ4n) is 2.16. The largest absolute Gasteiger partial charge is 0.505 e. The standard InChI is InChI=1S/C14H12FNO4S/c15-14-10(2-1-3-11(14)17)9-4-5-12-13(8-9)21(18,19)16-6-7-20-12/h1-5,8,16-17H,6-7H2. The number of hydrogen-bond donors (Lipinski definition) is 2. The zero-order valence-corrected chi connectivity index (χ0v) is 11.7. The summed E-state index contributed by atoms with van der Waals surface area (Å²) < 4.78 is 45.9. The van der Waals surface area contributed by atoms with E-state index in [0.29, 0.717) is 5.56 Å². The number of fused-ring (bicyclic) bond motifs is 1. The number of nitrogens with one attached hydrogen (secondary N) is 1. The van der Waals surface area contributed by atoms with Gasteiger partial charge in [-0.15, -0.1) is 0 Å². The first-order valence-corrected chi connectivity index (χ1v) is 7.72. The van der Waals surface area contributed by atoms with Gasteiger partial charge in [0.05, 0.1) is 0 Å². The summed E-state index contributed by atoms with van der Waals surface area (Å²) in [5.41, 5.74) is 0.468. The van der Waals surface area contributed by atoms with E-state index in [4.69, 9.17) is 4.74 Å². The predicted molar refractivity (Wildman–Crippen MR) is 74.2 cm³/mol. The molecule has 5 nitrogen and oxygen atoms in total. The van der Waals surface area contributed by atoms with Crippen molar-refractivity contribution < 1.29 is 22.7 Å². The van der Waals surface area contributed by atoms with Crippen molar-refractivity contribution in [2.24, 2.45) is 0 Å². The average Bonchev–Trinajstić information content (AvgIpc) is 2.61. The summed E-state index contributed by atoms with van der Waals surface area (Å²) in [5.74, 6) is -1.05. The number of benzene rings is 2. The SMILES string of the molecule is O=S1(=O)NCCOc2ccc(-c3cccc(O)c3F)cc21. The number of phenols is 1. The van der Waals surface area contributed by atoms with E-state index in [9.17, 15) is 17.9 Å². The first kappa shape index (κ1) is 13.8. The van der Waals surface area contributed by atoms with Gasteiger partial charge in [-0.1, -0.05) is 18.2 Å². The lowest BCUT2D eigenvalue weighted by Crippen LogP contribution is -2.24. The third kappa shape index (κ3) is 2.45. The van der Waals surface area contributed by atoms with Crippen LogP contribution in [0.2, 0.25) is 0 Å². The lowest BCUT2D eigenvalue weighted by Gasteiger charge is -2.10. The van der Waals surface area contributed by atoms with Gasteiger partial charge in [-0.25, -0.2) is 17.5 Å². The molecule has 0 bridgehead atoms. The van der Waals surface area contributed by atoms with Crippen LogP contribution in [0.1, 0.15) is 0 Å². The molecule has 21 heavy (non-hydrogen) atoms. The topological polar surface area (TPSA) is 75.6 Å². The van der Waals surface area contributed by atoms with E-state index in [1.165, 1.54) is 30.3 Å². The molecule has 0 aliphatic carbocycles. The van der Waals surface area contributed by atoms with Gasteiger partial charge in [-0.05, 0) is 23.8 Å². The van der Waals surface area contributed by atoms with Gasteiger partial charge in [0, 0.05) is 12.1 Å². The van der Waals surface area contributed by atoms with Crippen LogP contribution in [0.4, 0.5) is 4.39 Å². The molecule has 0 saturated carbocycles. The van der Waals surface area contributed by atoms with Gasteiger partial charge in [0.15, 0.2) is 11.6 Å². The van der Waals surface area contributed by atoms with Crippen LogP contribution in [-0.4, -0.2) is 26.7 Å². The van der Waals surface area contributed by atoms with Crippen molar-refractivity contribution in [3.05, 3.63) is 42.2 Å². The highest BCUT2D eigenvalue weighted by atomic mass is 32.2. The van der Waals surface area contributed by atoms with E-state index in [-0.39, 0.29) is 29.4 Å². The van der Waals surface area contributed by atoms with Crippen LogP contribution in [0.3, 0.4) is 0 Å². The van der Waals surface area contributed by atoms with Crippen LogP contribution < -0.4 is 9.46 Å². The van der Waals surface area contributed by atoms with Crippen molar-refractivity contribution in [1.82, 2.24) is 4.72 Å². The molecule has 0 spiro atoms. The molecule has 1 heterocycles. The number of ether oxygens (including phenoxy) is 1. The highest BCUT2D eigenvalue weighted by Crippen LogP contribution is 2.34. The molecule has 0 atom stereocenters. The van der Waals surface area contributed by atoms with E-state index in [1.54, 1.807) is 6.07 Å². The van der Waals surface area contributed by atoms with Gasteiger partial charge in [-0.2, -0.15) is 0 Å². The minimum absolute atomic E-state index is 0.0414. The summed E-state index contributed by atoms with van der Waals surface area (Å²) in [6.45, 7) is 0.402. The summed E-state index contributed by atoms with van der Waals surface area (Å²) in [6.07, 6.45) is 0. The molecule has 0 fully saturated rings. The fourth-order valence-corrected chi connectivity index (χ4v) is 3.34. The second-order valence-corrected chi connectivity index (χ2v) is 6.28. The Balaban J connectivity index is 2.19. The second kappa shape index (κ2) is 5.01. The highest BCUT2D eigenvalue weighted by Gasteiger charge is 2.23. The fraction of sp³-hybridized carbons (Fsp3) is 0.143. The van der Waals surface area contributed by atoms with Gasteiger partial charge in [0.1, 0.15) is 17.3 Å².